The molecule has 0 saturated carbocycles. The molecule has 5 atom stereocenters. The molecule has 0 aromatic rings. The molecule has 7 nitrogen and oxygen atoms in total. The zero-order chi connectivity index (χ0) is 15.1. The van der Waals surface area contributed by atoms with Crippen molar-refractivity contribution in [2.24, 2.45) is 0 Å². The Hall–Kier alpha value is -1.37. The molecule has 4 N–H and O–H groups in total. The van der Waals surface area contributed by atoms with Crippen LogP contribution in [0.4, 0.5) is 4.39 Å². The van der Waals surface area contributed by atoms with Gasteiger partial charge in [0.05, 0.1) is 6.61 Å². The van der Waals surface area contributed by atoms with Gasteiger partial charge in [0.1, 0.15) is 12.2 Å². The second-order valence-electron chi connectivity index (χ2n) is 4.34. The van der Waals surface area contributed by atoms with Crippen LogP contribution in [0.25, 0.3) is 0 Å². The van der Waals surface area contributed by atoms with E-state index in [0.29, 0.717) is 6.20 Å². The summed E-state index contributed by atoms with van der Waals surface area (Å²) in [6, 6.07) is 0. The molecule has 110 valence electrons. The van der Waals surface area contributed by atoms with Crippen molar-refractivity contribution in [3.63, 3.8) is 0 Å². The van der Waals surface area contributed by atoms with Gasteiger partial charge in [-0.2, -0.15) is 4.39 Å². The topological polar surface area (TPSA) is 102 Å². The molecule has 9 heteroatoms. The molecule has 0 radical (unpaired) electrons. The first-order chi connectivity index (χ1) is 9.35. The Morgan fingerprint density at radius 1 is 1.65 bits per heavy atom. The number of ether oxygens (including phenoxy) is 1. The highest BCUT2D eigenvalue weighted by Crippen LogP contribution is 2.39. The van der Waals surface area contributed by atoms with Gasteiger partial charge in [-0.25, -0.2) is 0 Å². The second-order valence-corrected chi connectivity index (χ2v) is 4.96. The smallest absolute Gasteiger partial charge is 0.284 e. The lowest BCUT2D eigenvalue weighted by molar-refractivity contribution is -0.146. The summed E-state index contributed by atoms with van der Waals surface area (Å²) < 4.78 is 18.6. The van der Waals surface area contributed by atoms with E-state index in [2.05, 4.69) is 5.92 Å². The van der Waals surface area contributed by atoms with E-state index in [1.54, 1.807) is 0 Å². The van der Waals surface area contributed by atoms with Crippen LogP contribution in [0.5, 0.6) is 0 Å². The summed E-state index contributed by atoms with van der Waals surface area (Å²) in [6.45, 7) is -0.573. The molecule has 1 fully saturated rings. The molecule has 2 aliphatic heterocycles. The van der Waals surface area contributed by atoms with Crippen LogP contribution >= 0.6 is 11.6 Å². The van der Waals surface area contributed by atoms with E-state index in [4.69, 9.17) is 27.9 Å². The summed E-state index contributed by atoms with van der Waals surface area (Å²) in [7, 11) is 0. The minimum atomic E-state index is -1.83. The summed E-state index contributed by atoms with van der Waals surface area (Å²) >= 11 is 6.09. The molecule has 0 aliphatic carbocycles. The third-order valence-corrected chi connectivity index (χ3v) is 3.66. The van der Waals surface area contributed by atoms with Gasteiger partial charge in [0.25, 0.3) is 5.91 Å². The molecule has 20 heavy (non-hydrogen) atoms. The van der Waals surface area contributed by atoms with Crippen molar-refractivity contribution < 1.29 is 29.2 Å². The average Bonchev–Trinajstić information content (AvgIpc) is 2.67. The molecule has 0 spiro atoms. The van der Waals surface area contributed by atoms with E-state index in [1.807, 2.05) is 5.32 Å². The Bertz CT molecular complexity index is 496. The highest BCUT2D eigenvalue weighted by atomic mass is 35.5. The highest BCUT2D eigenvalue weighted by Gasteiger charge is 2.57. The third kappa shape index (κ3) is 2.13. The number of halogens is 2. The quantitative estimate of drug-likeness (QED) is 0.354. The maximum Gasteiger partial charge on any atom is 0.284 e. The van der Waals surface area contributed by atoms with Crippen molar-refractivity contribution in [1.29, 1.82) is 0 Å². The molecule has 2 heterocycles. The van der Waals surface area contributed by atoms with Gasteiger partial charge in [-0.3, -0.25) is 4.79 Å². The normalized spacial score (nSPS) is 41.1. The van der Waals surface area contributed by atoms with Crippen LogP contribution in [0.15, 0.2) is 12.0 Å². The Labute approximate surface area is 118 Å². The van der Waals surface area contributed by atoms with Crippen LogP contribution in [0, 0.1) is 12.3 Å². The van der Waals surface area contributed by atoms with Crippen LogP contribution in [-0.2, 0) is 9.53 Å². The van der Waals surface area contributed by atoms with E-state index in [1.165, 1.54) is 0 Å². The van der Waals surface area contributed by atoms with Crippen LogP contribution in [0.2, 0.25) is 0 Å². The van der Waals surface area contributed by atoms with Gasteiger partial charge in [-0.15, -0.1) is 6.42 Å². The fourth-order valence-electron chi connectivity index (χ4n) is 2.06. The molecular weight excluding hydrogens is 295 g/mol. The number of nitrogens with one attached hydrogen (secondary N) is 1. The van der Waals surface area contributed by atoms with E-state index < -0.39 is 48.0 Å². The first kappa shape index (κ1) is 15.0. The molecular formula is C11H12ClFN2O5. The minimum absolute atomic E-state index is 0.573. The van der Waals surface area contributed by atoms with Gasteiger partial charge in [0.2, 0.25) is 12.2 Å². The second kappa shape index (κ2) is 5.20. The fourth-order valence-corrected chi connectivity index (χ4v) is 2.36. The molecule has 3 unspecified atom stereocenters. The average molecular weight is 307 g/mol. The monoisotopic (exact) mass is 306 g/mol. The third-order valence-electron chi connectivity index (χ3n) is 3.14. The molecule has 0 aromatic heterocycles. The Morgan fingerprint density at radius 3 is 2.85 bits per heavy atom. The predicted molar refractivity (Wildman–Crippen MR) is 64.4 cm³/mol. The number of alkyl halides is 1. The van der Waals surface area contributed by atoms with Gasteiger partial charge in [0.15, 0.2) is 11.1 Å². The number of rotatable bonds is 2. The standard InChI is InChI=1S/C11H12ClFN2O5/c1-2-11(12)7(17)6(4-16)20-9(11)15-3-5(13)8(18)14-10(15)19/h1,3,6-7,9-10,16-17,19H,4H2,(H,14,18)/t6-,7?,9-,10?,11?/m1/s1. The first-order valence-electron chi connectivity index (χ1n) is 5.60. The summed E-state index contributed by atoms with van der Waals surface area (Å²) in [6.07, 6.45) is 0.420. The SMILES string of the molecule is C#CC1(Cl)C(O)[C@@H](CO)O[C@H]1N1C=C(F)C(=O)NC1O. The summed E-state index contributed by atoms with van der Waals surface area (Å²) in [5.41, 5.74) is 0. The zero-order valence-corrected chi connectivity index (χ0v) is 10.8. The molecule has 1 amide bonds. The number of terminal acetylenes is 1. The lowest BCUT2D eigenvalue weighted by Gasteiger charge is -2.38. The van der Waals surface area contributed by atoms with Gasteiger partial charge >= 0.3 is 0 Å². The minimum Gasteiger partial charge on any atom is -0.394 e. The van der Waals surface area contributed by atoms with E-state index in [-0.39, 0.29) is 0 Å². The maximum atomic E-state index is 13.3. The van der Waals surface area contributed by atoms with Crippen LogP contribution < -0.4 is 5.32 Å². The number of aliphatic hydroxyl groups excluding tert-OH is 3. The number of hydrogen-bond acceptors (Lipinski definition) is 6. The molecule has 2 rings (SSSR count). The molecule has 0 aromatic carbocycles. The predicted octanol–water partition coefficient (Wildman–Crippen LogP) is -1.81. The molecule has 0 bridgehead atoms. The van der Waals surface area contributed by atoms with E-state index in [0.717, 1.165) is 4.90 Å². The Morgan fingerprint density at radius 2 is 2.30 bits per heavy atom. The van der Waals surface area contributed by atoms with Gasteiger partial charge in [0, 0.05) is 6.20 Å². The maximum absolute atomic E-state index is 13.3. The number of nitrogens with zero attached hydrogens (tertiary/aromatic N) is 1. The Kier molecular flexibility index (Phi) is 3.90. The highest BCUT2D eigenvalue weighted by molar-refractivity contribution is 6.27. The lowest BCUT2D eigenvalue weighted by Crippen LogP contribution is -2.58. The summed E-state index contributed by atoms with van der Waals surface area (Å²) in [5, 5.41) is 30.7. The van der Waals surface area contributed by atoms with E-state index >= 15 is 0 Å². The first-order valence-corrected chi connectivity index (χ1v) is 5.97. The van der Waals surface area contributed by atoms with Gasteiger partial charge in [-0.05, 0) is 0 Å². The number of aliphatic hydroxyl groups is 3. The van der Waals surface area contributed by atoms with Crippen molar-refractivity contribution in [2.75, 3.05) is 6.61 Å². The largest absolute Gasteiger partial charge is 0.394 e. The van der Waals surface area contributed by atoms with Crippen molar-refractivity contribution in [2.45, 2.75) is 29.7 Å². The molecule has 2 aliphatic rings. The number of carbonyl (C=O) groups excluding carboxylic acids is 1. The van der Waals surface area contributed by atoms with Gasteiger partial charge < -0.3 is 30.3 Å². The lowest BCUT2D eigenvalue weighted by atomic mass is 9.99. The van der Waals surface area contributed by atoms with E-state index in [9.17, 15) is 19.4 Å². The summed E-state index contributed by atoms with van der Waals surface area (Å²) in [4.78, 5) is 10.0. The number of carbonyl (C=O) groups is 1. The van der Waals surface area contributed by atoms with Crippen molar-refractivity contribution in [1.82, 2.24) is 10.2 Å². The molecule has 1 saturated heterocycles. The zero-order valence-electron chi connectivity index (χ0n) is 10.0. The van der Waals surface area contributed by atoms with Crippen molar-refractivity contribution in [3.8, 4) is 12.3 Å². The van der Waals surface area contributed by atoms with Crippen molar-refractivity contribution in [3.05, 3.63) is 12.0 Å². The van der Waals surface area contributed by atoms with Crippen LogP contribution in [-0.4, -0.2) is 62.4 Å². The van der Waals surface area contributed by atoms with Crippen molar-refractivity contribution >= 4 is 17.5 Å². The van der Waals surface area contributed by atoms with Crippen LogP contribution in [0.1, 0.15) is 0 Å². The number of amides is 1. The van der Waals surface area contributed by atoms with Crippen LogP contribution in [0.3, 0.4) is 0 Å². The van der Waals surface area contributed by atoms with Gasteiger partial charge in [-0.1, -0.05) is 17.5 Å². The summed E-state index contributed by atoms with van der Waals surface area (Å²) in [5.74, 6) is -0.178. The fraction of sp³-hybridized carbons (Fsp3) is 0.545. The number of hydrogen-bond donors (Lipinski definition) is 4. The Balaban J connectivity index is 2.36.